The van der Waals surface area contributed by atoms with Crippen LogP contribution in [0.15, 0.2) is 40.7 Å². The molecule has 150 valence electrons. The van der Waals surface area contributed by atoms with E-state index < -0.39 is 10.8 Å². The molecule has 1 aliphatic heterocycles. The minimum Gasteiger partial charge on any atom is -0.383 e. The van der Waals surface area contributed by atoms with Crippen molar-refractivity contribution < 1.29 is 9.72 Å². The average molecular weight is 411 g/mol. The molecule has 2 aromatic rings. The fourth-order valence-electron chi connectivity index (χ4n) is 4.13. The Bertz CT molecular complexity index is 1060. The number of hydrogen-bond acceptors (Lipinski definition) is 8. The Morgan fingerprint density at radius 3 is 2.55 bits per heavy atom. The third-order valence-electron chi connectivity index (χ3n) is 5.34. The fraction of sp³-hybridized carbons (Fsp3) is 0.350. The normalized spacial score (nSPS) is 20.0. The van der Waals surface area contributed by atoms with Gasteiger partial charge in [0.2, 0.25) is 0 Å². The summed E-state index contributed by atoms with van der Waals surface area (Å²) in [4.78, 5) is 32.7. The molecule has 29 heavy (non-hydrogen) atoms. The summed E-state index contributed by atoms with van der Waals surface area (Å²) in [5.41, 5.74) is 9.02. The van der Waals surface area contributed by atoms with Crippen molar-refractivity contribution in [2.45, 2.75) is 37.8 Å². The van der Waals surface area contributed by atoms with Crippen molar-refractivity contribution in [3.63, 3.8) is 0 Å². The molecule has 0 bridgehead atoms. The second-order valence-electron chi connectivity index (χ2n) is 8.10. The van der Waals surface area contributed by atoms with E-state index in [1.54, 1.807) is 12.1 Å². The number of Topliss-reactive ketones (excluding diaryl/α,β-unsaturated/α-hetero) is 1. The summed E-state index contributed by atoms with van der Waals surface area (Å²) in [6, 6.07) is 6.25. The number of fused-ring (bicyclic) bond motifs is 1. The van der Waals surface area contributed by atoms with Crippen molar-refractivity contribution in [3.05, 3.63) is 56.8 Å². The van der Waals surface area contributed by atoms with Gasteiger partial charge in [0.1, 0.15) is 11.6 Å². The van der Waals surface area contributed by atoms with Crippen LogP contribution in [0.4, 0.5) is 17.3 Å². The molecule has 4 rings (SSSR count). The predicted octanol–water partition coefficient (Wildman–Crippen LogP) is 3.89. The third kappa shape index (κ3) is 3.35. The molecule has 0 saturated heterocycles. The van der Waals surface area contributed by atoms with E-state index in [4.69, 9.17) is 5.73 Å². The summed E-state index contributed by atoms with van der Waals surface area (Å²) in [6.07, 6.45) is 3.00. The van der Waals surface area contributed by atoms with Crippen molar-refractivity contribution in [1.82, 2.24) is 9.97 Å². The first-order valence-electron chi connectivity index (χ1n) is 9.19. The lowest BCUT2D eigenvalue weighted by Gasteiger charge is -2.39. The summed E-state index contributed by atoms with van der Waals surface area (Å²) in [5, 5.41) is 14.9. The first-order chi connectivity index (χ1) is 13.7. The van der Waals surface area contributed by atoms with Gasteiger partial charge >= 0.3 is 0 Å². The Morgan fingerprint density at radius 2 is 1.93 bits per heavy atom. The molecule has 8 nitrogen and oxygen atoms in total. The lowest BCUT2D eigenvalue weighted by molar-refractivity contribution is -0.384. The maximum atomic E-state index is 13.2. The number of nitro benzene ring substituents is 1. The molecule has 0 fully saturated rings. The number of thioether (sulfide) groups is 1. The van der Waals surface area contributed by atoms with E-state index in [2.05, 4.69) is 29.1 Å². The van der Waals surface area contributed by atoms with Gasteiger partial charge in [-0.3, -0.25) is 14.9 Å². The van der Waals surface area contributed by atoms with E-state index in [-0.39, 0.29) is 16.9 Å². The maximum absolute atomic E-state index is 13.2. The van der Waals surface area contributed by atoms with Crippen LogP contribution >= 0.6 is 11.8 Å². The molecule has 2 aliphatic rings. The Balaban J connectivity index is 1.93. The number of non-ortho nitro benzene ring substituents is 1. The van der Waals surface area contributed by atoms with Gasteiger partial charge in [0, 0.05) is 41.3 Å². The van der Waals surface area contributed by atoms with Crippen LogP contribution in [0.3, 0.4) is 0 Å². The number of nitrogen functional groups attached to an aromatic ring is 1. The zero-order valence-corrected chi connectivity index (χ0v) is 17.2. The number of ketones is 1. The van der Waals surface area contributed by atoms with Crippen LogP contribution in [0, 0.1) is 15.5 Å². The van der Waals surface area contributed by atoms with E-state index in [1.807, 2.05) is 6.26 Å². The minimum atomic E-state index is -0.457. The summed E-state index contributed by atoms with van der Waals surface area (Å²) in [7, 11) is 0. The Kier molecular flexibility index (Phi) is 4.57. The molecule has 1 unspecified atom stereocenters. The summed E-state index contributed by atoms with van der Waals surface area (Å²) >= 11 is 1.39. The van der Waals surface area contributed by atoms with Gasteiger partial charge < -0.3 is 11.1 Å². The van der Waals surface area contributed by atoms with Crippen LogP contribution in [-0.2, 0) is 4.79 Å². The van der Waals surface area contributed by atoms with Crippen LogP contribution in [0.5, 0.6) is 0 Å². The molecule has 1 aromatic carbocycles. The standard InChI is InChI=1S/C20H21N5O3S/c1-20(2)8-12-15(13(26)9-20)14(10-4-6-11(7-5-10)25(27)28)16-17(21)23-19(29-3)24-18(16)22-12/h4-7,14H,8-9H2,1-3H3,(H3,21,22,23,24). The molecule has 9 heteroatoms. The number of hydrogen-bond donors (Lipinski definition) is 2. The van der Waals surface area contributed by atoms with Gasteiger partial charge in [0.15, 0.2) is 10.9 Å². The van der Waals surface area contributed by atoms with Gasteiger partial charge in [0.05, 0.1) is 4.92 Å². The fourth-order valence-corrected chi connectivity index (χ4v) is 4.50. The highest BCUT2D eigenvalue weighted by Gasteiger charge is 2.42. The zero-order chi connectivity index (χ0) is 20.9. The molecular weight excluding hydrogens is 390 g/mol. The minimum absolute atomic E-state index is 0.00447. The van der Waals surface area contributed by atoms with Gasteiger partial charge in [0.25, 0.3) is 5.69 Å². The second kappa shape index (κ2) is 6.84. The quantitative estimate of drug-likeness (QED) is 0.337. The first-order valence-corrected chi connectivity index (χ1v) is 10.4. The second-order valence-corrected chi connectivity index (χ2v) is 8.87. The van der Waals surface area contributed by atoms with Gasteiger partial charge in [-0.2, -0.15) is 0 Å². The van der Waals surface area contributed by atoms with Crippen molar-refractivity contribution in [2.24, 2.45) is 5.41 Å². The van der Waals surface area contributed by atoms with Gasteiger partial charge in [-0.05, 0) is 23.7 Å². The molecule has 0 saturated carbocycles. The number of carbonyl (C=O) groups excluding carboxylic acids is 1. The Labute approximate surface area is 172 Å². The molecule has 2 heterocycles. The molecule has 3 N–H and O–H groups in total. The highest BCUT2D eigenvalue weighted by Crippen LogP contribution is 2.50. The van der Waals surface area contributed by atoms with Crippen LogP contribution < -0.4 is 11.1 Å². The topological polar surface area (TPSA) is 124 Å². The number of benzene rings is 1. The molecule has 0 spiro atoms. The van der Waals surface area contributed by atoms with E-state index in [9.17, 15) is 14.9 Å². The maximum Gasteiger partial charge on any atom is 0.269 e. The number of aromatic nitrogens is 2. The predicted molar refractivity (Wildman–Crippen MR) is 112 cm³/mol. The number of carbonyl (C=O) groups is 1. The van der Waals surface area contributed by atoms with Crippen LogP contribution in [0.2, 0.25) is 0 Å². The Hall–Kier alpha value is -2.94. The highest BCUT2D eigenvalue weighted by atomic mass is 32.2. The average Bonchev–Trinajstić information content (AvgIpc) is 2.65. The largest absolute Gasteiger partial charge is 0.383 e. The van der Waals surface area contributed by atoms with E-state index >= 15 is 0 Å². The molecule has 1 atom stereocenters. The van der Waals surface area contributed by atoms with E-state index in [1.165, 1.54) is 23.9 Å². The molecule has 0 radical (unpaired) electrons. The summed E-state index contributed by atoms with van der Waals surface area (Å²) in [5.74, 6) is 0.487. The van der Waals surface area contributed by atoms with Gasteiger partial charge in [-0.15, -0.1) is 0 Å². The smallest absolute Gasteiger partial charge is 0.269 e. The van der Waals surface area contributed by atoms with E-state index in [0.29, 0.717) is 40.8 Å². The molecule has 1 aliphatic carbocycles. The first kappa shape index (κ1) is 19.4. The van der Waals surface area contributed by atoms with Crippen molar-refractivity contribution in [3.8, 4) is 0 Å². The van der Waals surface area contributed by atoms with Crippen molar-refractivity contribution in [2.75, 3.05) is 17.3 Å². The highest BCUT2D eigenvalue weighted by molar-refractivity contribution is 7.98. The number of anilines is 2. The van der Waals surface area contributed by atoms with Crippen LogP contribution in [-0.4, -0.2) is 26.9 Å². The van der Waals surface area contributed by atoms with Gasteiger partial charge in [-0.25, -0.2) is 9.97 Å². The monoisotopic (exact) mass is 411 g/mol. The summed E-state index contributed by atoms with van der Waals surface area (Å²) in [6.45, 7) is 4.13. The van der Waals surface area contributed by atoms with E-state index in [0.717, 1.165) is 11.3 Å². The van der Waals surface area contributed by atoms with Crippen molar-refractivity contribution in [1.29, 1.82) is 0 Å². The zero-order valence-electron chi connectivity index (χ0n) is 16.4. The van der Waals surface area contributed by atoms with Crippen LogP contribution in [0.25, 0.3) is 0 Å². The third-order valence-corrected chi connectivity index (χ3v) is 5.89. The number of nitrogens with zero attached hydrogens (tertiary/aromatic N) is 3. The summed E-state index contributed by atoms with van der Waals surface area (Å²) < 4.78 is 0. The molecule has 0 amide bonds. The van der Waals surface area contributed by atoms with Crippen molar-refractivity contribution >= 4 is 34.9 Å². The Morgan fingerprint density at radius 1 is 1.24 bits per heavy atom. The number of nitrogens with two attached hydrogens (primary N) is 1. The lowest BCUT2D eigenvalue weighted by Crippen LogP contribution is -2.34. The number of rotatable bonds is 3. The van der Waals surface area contributed by atoms with Gasteiger partial charge in [-0.1, -0.05) is 37.7 Å². The molecule has 1 aromatic heterocycles. The number of nitrogens with one attached hydrogen (secondary N) is 1. The number of nitro groups is 1. The SMILES string of the molecule is CSc1nc(N)c2c(n1)NC1=C(C(=O)CC(C)(C)C1)C2c1ccc([N+](=O)[O-])cc1. The molecular formula is C20H21N5O3S. The van der Waals surface area contributed by atoms with Crippen LogP contribution in [0.1, 0.15) is 43.7 Å². The lowest BCUT2D eigenvalue weighted by atomic mass is 9.69. The number of allylic oxidation sites excluding steroid dienone is 2.